The van der Waals surface area contributed by atoms with Gasteiger partial charge in [-0.1, -0.05) is 6.07 Å². The minimum atomic E-state index is 0.673. The highest BCUT2D eigenvalue weighted by molar-refractivity contribution is 7.80. The molecule has 0 bridgehead atoms. The van der Waals surface area contributed by atoms with E-state index < -0.39 is 0 Å². The maximum Gasteiger partial charge on any atom is 0.122 e. The Bertz CT molecular complexity index is 294. The summed E-state index contributed by atoms with van der Waals surface area (Å²) in [7, 11) is 0. The van der Waals surface area contributed by atoms with Gasteiger partial charge < -0.3 is 4.74 Å². The summed E-state index contributed by atoms with van der Waals surface area (Å²) in [5.74, 6) is 1.75. The van der Waals surface area contributed by atoms with E-state index in [1.54, 1.807) is 0 Å². The fraction of sp³-hybridized carbons (Fsp3) is 0.455. The minimum Gasteiger partial charge on any atom is -0.492 e. The number of rotatable bonds is 3. The van der Waals surface area contributed by atoms with E-state index in [1.807, 2.05) is 0 Å². The molecule has 0 spiro atoms. The van der Waals surface area contributed by atoms with Gasteiger partial charge >= 0.3 is 0 Å². The maximum atomic E-state index is 5.57. The summed E-state index contributed by atoms with van der Waals surface area (Å²) in [6.45, 7) is 6.95. The molecule has 1 rings (SSSR count). The van der Waals surface area contributed by atoms with Crippen molar-refractivity contribution in [2.75, 3.05) is 12.4 Å². The van der Waals surface area contributed by atoms with Crippen molar-refractivity contribution in [1.82, 2.24) is 0 Å². The quantitative estimate of drug-likeness (QED) is 0.731. The maximum absolute atomic E-state index is 5.57. The summed E-state index contributed by atoms with van der Waals surface area (Å²) in [5, 5.41) is 0. The molecule has 72 valence electrons. The van der Waals surface area contributed by atoms with Crippen LogP contribution in [0, 0.1) is 20.8 Å². The molecule has 1 nitrogen and oxygen atoms in total. The second-order valence-corrected chi connectivity index (χ2v) is 3.72. The predicted octanol–water partition coefficient (Wildman–Crippen LogP) is 2.92. The summed E-state index contributed by atoms with van der Waals surface area (Å²) in [5.41, 5.74) is 3.76. The van der Waals surface area contributed by atoms with E-state index in [-0.39, 0.29) is 0 Å². The van der Waals surface area contributed by atoms with Gasteiger partial charge in [0, 0.05) is 5.75 Å². The Labute approximate surface area is 85.5 Å². The Morgan fingerprint density at radius 2 is 1.92 bits per heavy atom. The van der Waals surface area contributed by atoms with E-state index in [1.165, 1.54) is 16.7 Å². The van der Waals surface area contributed by atoms with Crippen LogP contribution in [0.3, 0.4) is 0 Å². The first-order valence-corrected chi connectivity index (χ1v) is 5.10. The Balaban J connectivity index is 2.92. The Morgan fingerprint density at radius 3 is 2.54 bits per heavy atom. The predicted molar refractivity (Wildman–Crippen MR) is 60.0 cm³/mol. The molecule has 0 heterocycles. The van der Waals surface area contributed by atoms with Crippen molar-refractivity contribution in [2.45, 2.75) is 20.8 Å². The van der Waals surface area contributed by atoms with Crippen LogP contribution < -0.4 is 4.74 Å². The smallest absolute Gasteiger partial charge is 0.122 e. The number of aryl methyl sites for hydroxylation is 2. The molecule has 13 heavy (non-hydrogen) atoms. The van der Waals surface area contributed by atoms with Gasteiger partial charge in [-0.15, -0.1) is 0 Å². The van der Waals surface area contributed by atoms with E-state index in [4.69, 9.17) is 4.74 Å². The molecule has 0 aliphatic carbocycles. The zero-order valence-corrected chi connectivity index (χ0v) is 9.32. The van der Waals surface area contributed by atoms with Crippen molar-refractivity contribution in [3.63, 3.8) is 0 Å². The molecule has 1 aromatic rings. The Hall–Kier alpha value is -0.630. The molecule has 0 aliphatic rings. The molecule has 0 radical (unpaired) electrons. The minimum absolute atomic E-state index is 0.673. The van der Waals surface area contributed by atoms with E-state index in [9.17, 15) is 0 Å². The van der Waals surface area contributed by atoms with Crippen LogP contribution in [0.4, 0.5) is 0 Å². The third-order valence-corrected chi connectivity index (χ3v) is 2.30. The van der Waals surface area contributed by atoms with Crippen LogP contribution in [0.2, 0.25) is 0 Å². The van der Waals surface area contributed by atoms with Gasteiger partial charge in [-0.25, -0.2) is 0 Å². The molecule has 2 heteroatoms. The van der Waals surface area contributed by atoms with Crippen molar-refractivity contribution >= 4 is 12.6 Å². The van der Waals surface area contributed by atoms with Gasteiger partial charge in [-0.05, 0) is 43.5 Å². The first-order chi connectivity index (χ1) is 6.15. The van der Waals surface area contributed by atoms with E-state index in [0.717, 1.165) is 11.5 Å². The van der Waals surface area contributed by atoms with Crippen molar-refractivity contribution in [3.05, 3.63) is 28.8 Å². The number of hydrogen-bond donors (Lipinski definition) is 1. The topological polar surface area (TPSA) is 9.23 Å². The summed E-state index contributed by atoms with van der Waals surface area (Å²) in [4.78, 5) is 0. The third-order valence-electron chi connectivity index (χ3n) is 2.11. The highest BCUT2D eigenvalue weighted by atomic mass is 32.1. The van der Waals surface area contributed by atoms with Crippen molar-refractivity contribution in [3.8, 4) is 5.75 Å². The number of thiol groups is 1. The first kappa shape index (κ1) is 10.5. The molecule has 0 amide bonds. The van der Waals surface area contributed by atoms with Crippen molar-refractivity contribution in [1.29, 1.82) is 0 Å². The Kier molecular flexibility index (Phi) is 3.67. The standard InChI is InChI=1S/C11H16OS/c1-8-6-9(2)10(3)11(7-8)12-4-5-13/h6-7,13H,4-5H2,1-3H3. The van der Waals surface area contributed by atoms with Gasteiger partial charge in [0.1, 0.15) is 5.75 Å². The normalized spacial score (nSPS) is 10.2. The fourth-order valence-corrected chi connectivity index (χ4v) is 1.40. The lowest BCUT2D eigenvalue weighted by atomic mass is 10.1. The first-order valence-electron chi connectivity index (χ1n) is 4.46. The molecule has 0 aliphatic heterocycles. The van der Waals surface area contributed by atoms with Crippen LogP contribution in [0.5, 0.6) is 5.75 Å². The summed E-state index contributed by atoms with van der Waals surface area (Å²) < 4.78 is 5.57. The van der Waals surface area contributed by atoms with Gasteiger partial charge in [0.15, 0.2) is 0 Å². The molecule has 0 aromatic heterocycles. The molecule has 0 unspecified atom stereocenters. The SMILES string of the molecule is Cc1cc(C)c(C)c(OCCS)c1. The van der Waals surface area contributed by atoms with Crippen molar-refractivity contribution < 1.29 is 4.74 Å². The zero-order chi connectivity index (χ0) is 9.84. The monoisotopic (exact) mass is 196 g/mol. The average Bonchev–Trinajstić information content (AvgIpc) is 2.09. The summed E-state index contributed by atoms with van der Waals surface area (Å²) >= 11 is 4.11. The molecule has 0 saturated heterocycles. The third kappa shape index (κ3) is 2.66. The van der Waals surface area contributed by atoms with Gasteiger partial charge in [0.2, 0.25) is 0 Å². The lowest BCUT2D eigenvalue weighted by Crippen LogP contribution is -2.01. The number of ether oxygens (including phenoxy) is 1. The zero-order valence-electron chi connectivity index (χ0n) is 8.42. The van der Waals surface area contributed by atoms with E-state index in [0.29, 0.717) is 6.61 Å². The van der Waals surface area contributed by atoms with Crippen molar-refractivity contribution in [2.24, 2.45) is 0 Å². The van der Waals surface area contributed by atoms with Crippen LogP contribution in [-0.2, 0) is 0 Å². The second kappa shape index (κ2) is 4.56. The molecule has 0 fully saturated rings. The fourth-order valence-electron chi connectivity index (χ4n) is 1.31. The molecular formula is C11H16OS. The lowest BCUT2D eigenvalue weighted by molar-refractivity contribution is 0.341. The molecule has 1 aromatic carbocycles. The highest BCUT2D eigenvalue weighted by Crippen LogP contribution is 2.23. The van der Waals surface area contributed by atoms with Crippen LogP contribution >= 0.6 is 12.6 Å². The highest BCUT2D eigenvalue weighted by Gasteiger charge is 2.02. The molecule has 0 saturated carbocycles. The van der Waals surface area contributed by atoms with Gasteiger partial charge in [-0.2, -0.15) is 12.6 Å². The Morgan fingerprint density at radius 1 is 1.23 bits per heavy atom. The van der Waals surface area contributed by atoms with Gasteiger partial charge in [0.25, 0.3) is 0 Å². The number of hydrogen-bond acceptors (Lipinski definition) is 2. The van der Waals surface area contributed by atoms with Crippen LogP contribution in [-0.4, -0.2) is 12.4 Å². The second-order valence-electron chi connectivity index (χ2n) is 3.28. The van der Waals surface area contributed by atoms with Gasteiger partial charge in [0.05, 0.1) is 6.61 Å². The lowest BCUT2D eigenvalue weighted by Gasteiger charge is -2.11. The van der Waals surface area contributed by atoms with E-state index in [2.05, 4.69) is 45.5 Å². The van der Waals surface area contributed by atoms with Crippen LogP contribution in [0.1, 0.15) is 16.7 Å². The summed E-state index contributed by atoms with van der Waals surface area (Å²) in [6, 6.07) is 4.24. The van der Waals surface area contributed by atoms with Crippen LogP contribution in [0.15, 0.2) is 12.1 Å². The molecule has 0 N–H and O–H groups in total. The largest absolute Gasteiger partial charge is 0.492 e. The molecular weight excluding hydrogens is 180 g/mol. The van der Waals surface area contributed by atoms with E-state index >= 15 is 0 Å². The van der Waals surface area contributed by atoms with Gasteiger partial charge in [-0.3, -0.25) is 0 Å². The van der Waals surface area contributed by atoms with Crippen LogP contribution in [0.25, 0.3) is 0 Å². The molecule has 0 atom stereocenters. The number of benzene rings is 1. The summed E-state index contributed by atoms with van der Waals surface area (Å²) in [6.07, 6.45) is 0. The average molecular weight is 196 g/mol.